The lowest BCUT2D eigenvalue weighted by molar-refractivity contribution is -0.117. The van der Waals surface area contributed by atoms with Gasteiger partial charge in [0.05, 0.1) is 7.11 Å². The summed E-state index contributed by atoms with van der Waals surface area (Å²) in [7, 11) is 1.59. The van der Waals surface area contributed by atoms with Gasteiger partial charge in [-0.15, -0.1) is 0 Å². The van der Waals surface area contributed by atoms with Gasteiger partial charge in [0.15, 0.2) is 0 Å². The zero-order valence-electron chi connectivity index (χ0n) is 20.9. The maximum atomic E-state index is 12.9. The van der Waals surface area contributed by atoms with Crippen LogP contribution in [-0.2, 0) is 4.79 Å². The molecule has 2 aliphatic carbocycles. The molecule has 2 N–H and O–H groups in total. The summed E-state index contributed by atoms with van der Waals surface area (Å²) in [6, 6.07) is 3.80. The molecule has 1 aliphatic heterocycles. The maximum absolute atomic E-state index is 12.9. The third-order valence-corrected chi connectivity index (χ3v) is 7.50. The predicted molar refractivity (Wildman–Crippen MR) is 136 cm³/mol. The number of pyridine rings is 1. The fraction of sp³-hybridized carbons (Fsp3) is 0.538. The number of H-pyrrole nitrogens is 1. The van der Waals surface area contributed by atoms with E-state index in [-0.39, 0.29) is 17.9 Å². The van der Waals surface area contributed by atoms with Crippen LogP contribution in [0.25, 0.3) is 22.2 Å². The predicted octanol–water partition coefficient (Wildman–Crippen LogP) is 2.78. The van der Waals surface area contributed by atoms with E-state index in [4.69, 9.17) is 9.47 Å². The number of methoxy groups -OCH3 is 1. The highest BCUT2D eigenvalue weighted by Crippen LogP contribution is 2.42. The minimum Gasteiger partial charge on any atom is -0.480 e. The van der Waals surface area contributed by atoms with Crippen molar-refractivity contribution in [1.29, 1.82) is 0 Å². The van der Waals surface area contributed by atoms with Crippen LogP contribution in [0.4, 0.5) is 5.82 Å². The maximum Gasteiger partial charge on any atom is 0.228 e. The molecule has 2 saturated carbocycles. The third kappa shape index (κ3) is 4.75. The molecule has 4 heterocycles. The molecule has 10 heteroatoms. The first-order valence-electron chi connectivity index (χ1n) is 12.9. The van der Waals surface area contributed by atoms with Crippen molar-refractivity contribution in [2.75, 3.05) is 51.7 Å². The Morgan fingerprint density at radius 2 is 1.92 bits per heavy atom. The fourth-order valence-electron chi connectivity index (χ4n) is 5.06. The summed E-state index contributed by atoms with van der Waals surface area (Å²) in [5.41, 5.74) is 2.23. The van der Waals surface area contributed by atoms with Crippen LogP contribution in [0.15, 0.2) is 24.7 Å². The number of carbonyl (C=O) groups excluding carboxylic acids is 1. The van der Waals surface area contributed by atoms with E-state index in [2.05, 4.69) is 42.0 Å². The standard InChI is InChI=1S/C26H33N7O3/c1-3-32-8-10-33(11-9-32)14-16-12-19(16)24(34)31-21-7-6-18-20(13-27-23(18)30-21)22-25(35-2)28-15-29-26(22)36-17-4-5-17/h6-7,13,15-17,19H,3-5,8-12,14H2,1-2H3,(H2,27,30,31,34)/t16-,19+/m1/s1. The van der Waals surface area contributed by atoms with Gasteiger partial charge in [-0.25, -0.2) is 15.0 Å². The number of ether oxygens (including phenoxy) is 2. The second kappa shape index (κ2) is 9.67. The van der Waals surface area contributed by atoms with E-state index in [0.717, 1.165) is 69.5 Å². The van der Waals surface area contributed by atoms with E-state index in [0.29, 0.717) is 34.7 Å². The molecule has 3 fully saturated rings. The summed E-state index contributed by atoms with van der Waals surface area (Å²) in [5.74, 6) is 2.08. The van der Waals surface area contributed by atoms with Gasteiger partial charge >= 0.3 is 0 Å². The number of aromatic nitrogens is 4. The number of amides is 1. The van der Waals surface area contributed by atoms with E-state index in [9.17, 15) is 4.79 Å². The molecule has 1 saturated heterocycles. The second-order valence-corrected chi connectivity index (χ2v) is 10.0. The summed E-state index contributed by atoms with van der Waals surface area (Å²) >= 11 is 0. The van der Waals surface area contributed by atoms with Crippen molar-refractivity contribution in [3.8, 4) is 22.9 Å². The van der Waals surface area contributed by atoms with Crippen LogP contribution < -0.4 is 14.8 Å². The van der Waals surface area contributed by atoms with Crippen LogP contribution in [0.2, 0.25) is 0 Å². The Balaban J connectivity index is 1.13. The molecule has 190 valence electrons. The van der Waals surface area contributed by atoms with Gasteiger partial charge in [-0.1, -0.05) is 6.92 Å². The van der Waals surface area contributed by atoms with Gasteiger partial charge in [0.2, 0.25) is 17.7 Å². The topological polar surface area (TPSA) is 109 Å². The van der Waals surface area contributed by atoms with E-state index in [1.165, 1.54) is 6.33 Å². The van der Waals surface area contributed by atoms with E-state index in [1.807, 2.05) is 18.3 Å². The normalized spacial score (nSPS) is 22.5. The van der Waals surface area contributed by atoms with Crippen LogP contribution in [0, 0.1) is 11.8 Å². The zero-order valence-corrected chi connectivity index (χ0v) is 20.9. The first kappa shape index (κ1) is 23.2. The molecular formula is C26H33N7O3. The Morgan fingerprint density at radius 1 is 1.14 bits per heavy atom. The first-order valence-corrected chi connectivity index (χ1v) is 12.9. The van der Waals surface area contributed by atoms with Crippen molar-refractivity contribution >= 4 is 22.8 Å². The number of aromatic amines is 1. The fourth-order valence-corrected chi connectivity index (χ4v) is 5.06. The Labute approximate surface area is 210 Å². The Bertz CT molecular complexity index is 1250. The number of carbonyl (C=O) groups is 1. The Hall–Kier alpha value is -3.24. The lowest BCUT2D eigenvalue weighted by Crippen LogP contribution is -2.46. The van der Waals surface area contributed by atoms with Crippen LogP contribution in [0.1, 0.15) is 26.2 Å². The van der Waals surface area contributed by atoms with Crippen molar-refractivity contribution in [1.82, 2.24) is 29.7 Å². The van der Waals surface area contributed by atoms with Gasteiger partial charge < -0.3 is 29.6 Å². The van der Waals surface area contributed by atoms with Crippen molar-refractivity contribution in [2.24, 2.45) is 11.8 Å². The molecule has 36 heavy (non-hydrogen) atoms. The Kier molecular flexibility index (Phi) is 6.22. The summed E-state index contributed by atoms with van der Waals surface area (Å²) in [6.45, 7) is 8.77. The van der Waals surface area contributed by atoms with E-state index in [1.54, 1.807) is 7.11 Å². The molecule has 2 atom stereocenters. The minimum absolute atomic E-state index is 0.0593. The largest absolute Gasteiger partial charge is 0.480 e. The summed E-state index contributed by atoms with van der Waals surface area (Å²) in [4.78, 5) is 34.4. The van der Waals surface area contributed by atoms with Gasteiger partial charge in [0.25, 0.3) is 0 Å². The second-order valence-electron chi connectivity index (χ2n) is 10.0. The highest BCUT2D eigenvalue weighted by molar-refractivity contribution is 5.99. The number of rotatable bonds is 9. The summed E-state index contributed by atoms with van der Waals surface area (Å²) in [6.07, 6.45) is 6.52. The molecule has 0 bridgehead atoms. The number of hydrogen-bond acceptors (Lipinski definition) is 8. The number of nitrogens with zero attached hydrogens (tertiary/aromatic N) is 5. The molecule has 3 aromatic rings. The van der Waals surface area contributed by atoms with Crippen molar-refractivity contribution in [2.45, 2.75) is 32.3 Å². The molecule has 3 aromatic heterocycles. The third-order valence-electron chi connectivity index (χ3n) is 7.50. The van der Waals surface area contributed by atoms with Gasteiger partial charge in [0.1, 0.15) is 29.5 Å². The molecule has 0 unspecified atom stereocenters. The summed E-state index contributed by atoms with van der Waals surface area (Å²) in [5, 5.41) is 3.91. The monoisotopic (exact) mass is 491 g/mol. The average Bonchev–Trinajstić information content (AvgIpc) is 3.83. The van der Waals surface area contributed by atoms with Crippen molar-refractivity contribution < 1.29 is 14.3 Å². The molecule has 0 spiro atoms. The van der Waals surface area contributed by atoms with Crippen LogP contribution in [0.5, 0.6) is 11.8 Å². The molecule has 0 radical (unpaired) electrons. The minimum atomic E-state index is 0.0593. The molecule has 1 amide bonds. The van der Waals surface area contributed by atoms with Crippen molar-refractivity contribution in [3.63, 3.8) is 0 Å². The number of likely N-dealkylation sites (N-methyl/N-ethyl adjacent to an activating group) is 1. The molecule has 6 rings (SSSR count). The first-order chi connectivity index (χ1) is 17.6. The van der Waals surface area contributed by atoms with Gasteiger partial charge in [0, 0.05) is 55.8 Å². The molecule has 3 aliphatic rings. The van der Waals surface area contributed by atoms with Gasteiger partial charge in [-0.2, -0.15) is 0 Å². The van der Waals surface area contributed by atoms with Crippen molar-refractivity contribution in [3.05, 3.63) is 24.7 Å². The number of nitrogens with one attached hydrogen (secondary N) is 2. The number of anilines is 1. The molecular weight excluding hydrogens is 458 g/mol. The lowest BCUT2D eigenvalue weighted by Gasteiger charge is -2.34. The molecule has 0 aromatic carbocycles. The lowest BCUT2D eigenvalue weighted by atomic mass is 10.1. The quantitative estimate of drug-likeness (QED) is 0.470. The SMILES string of the molecule is CCN1CCN(C[C@H]2C[C@@H]2C(=O)Nc2ccc3c(-c4c(OC)ncnc4OC4CC4)c[nH]c3n2)CC1. The van der Waals surface area contributed by atoms with E-state index >= 15 is 0 Å². The number of fused-ring (bicyclic) bond motifs is 1. The zero-order chi connectivity index (χ0) is 24.6. The Morgan fingerprint density at radius 3 is 2.67 bits per heavy atom. The highest BCUT2D eigenvalue weighted by atomic mass is 16.5. The number of piperazine rings is 1. The molecule has 10 nitrogen and oxygen atoms in total. The highest BCUT2D eigenvalue weighted by Gasteiger charge is 2.44. The van der Waals surface area contributed by atoms with Crippen LogP contribution in [-0.4, -0.2) is 88.1 Å². The van der Waals surface area contributed by atoms with Crippen LogP contribution >= 0.6 is 0 Å². The average molecular weight is 492 g/mol. The van der Waals surface area contributed by atoms with Gasteiger partial charge in [-0.3, -0.25) is 4.79 Å². The summed E-state index contributed by atoms with van der Waals surface area (Å²) < 4.78 is 11.5. The smallest absolute Gasteiger partial charge is 0.228 e. The van der Waals surface area contributed by atoms with Crippen LogP contribution in [0.3, 0.4) is 0 Å². The van der Waals surface area contributed by atoms with E-state index < -0.39 is 0 Å². The number of hydrogen-bond donors (Lipinski definition) is 2. The van der Waals surface area contributed by atoms with Gasteiger partial charge in [-0.05, 0) is 43.9 Å².